The summed E-state index contributed by atoms with van der Waals surface area (Å²) in [5.41, 5.74) is 2.32. The Morgan fingerprint density at radius 2 is 2.20 bits per heavy atom. The van der Waals surface area contributed by atoms with Gasteiger partial charge in [0.2, 0.25) is 0 Å². The zero-order chi connectivity index (χ0) is 11.1. The van der Waals surface area contributed by atoms with Crippen LogP contribution in [0.2, 0.25) is 5.02 Å². The second-order valence-corrected chi connectivity index (χ2v) is 3.78. The van der Waals surface area contributed by atoms with E-state index in [0.717, 1.165) is 23.7 Å². The van der Waals surface area contributed by atoms with E-state index < -0.39 is 0 Å². The molecule has 1 aromatic rings. The van der Waals surface area contributed by atoms with E-state index in [1.165, 1.54) is 5.56 Å². The van der Waals surface area contributed by atoms with Gasteiger partial charge in [-0.05, 0) is 24.1 Å². The number of aliphatic hydroxyl groups is 1. The first-order valence-electron chi connectivity index (χ1n) is 4.95. The summed E-state index contributed by atoms with van der Waals surface area (Å²) in [6.45, 7) is 3.68. The lowest BCUT2D eigenvalue weighted by atomic mass is 10.1. The number of hydrogen-bond donors (Lipinski definition) is 2. The number of halogens is 1. The molecule has 0 unspecified atom stereocenters. The van der Waals surface area contributed by atoms with Crippen molar-refractivity contribution in [3.63, 3.8) is 0 Å². The fraction of sp³-hybridized carbons (Fsp3) is 0.333. The Balaban J connectivity index is 2.38. The standard InChI is InChI=1S/C12H16ClNO/c1-10-8-11(4-5-12(10)13)9-14-6-2-3-7-15/h2-5,8,14-15H,6-7,9H2,1H3/b3-2+. The first kappa shape index (κ1) is 12.2. The average Bonchev–Trinajstić information content (AvgIpc) is 2.23. The fourth-order valence-corrected chi connectivity index (χ4v) is 1.39. The number of aliphatic hydroxyl groups excluding tert-OH is 1. The Hall–Kier alpha value is -0.830. The normalized spacial score (nSPS) is 11.1. The molecule has 0 fully saturated rings. The van der Waals surface area contributed by atoms with Crippen LogP contribution in [0, 0.1) is 6.92 Å². The lowest BCUT2D eigenvalue weighted by Crippen LogP contribution is -2.12. The molecule has 3 heteroatoms. The molecule has 0 saturated carbocycles. The van der Waals surface area contributed by atoms with Crippen LogP contribution in [0.5, 0.6) is 0 Å². The van der Waals surface area contributed by atoms with Crippen LogP contribution in [0.3, 0.4) is 0 Å². The molecule has 1 rings (SSSR count). The first-order valence-corrected chi connectivity index (χ1v) is 5.33. The molecule has 2 nitrogen and oxygen atoms in total. The molecule has 15 heavy (non-hydrogen) atoms. The van der Waals surface area contributed by atoms with Gasteiger partial charge in [0.25, 0.3) is 0 Å². The highest BCUT2D eigenvalue weighted by atomic mass is 35.5. The largest absolute Gasteiger partial charge is 0.392 e. The molecule has 1 aromatic carbocycles. The Bertz CT molecular complexity index is 336. The molecular formula is C12H16ClNO. The minimum absolute atomic E-state index is 0.0989. The molecule has 0 aliphatic heterocycles. The highest BCUT2D eigenvalue weighted by Gasteiger charge is 1.96. The maximum Gasteiger partial charge on any atom is 0.0612 e. The third kappa shape index (κ3) is 4.47. The van der Waals surface area contributed by atoms with Crippen LogP contribution in [0.1, 0.15) is 11.1 Å². The lowest BCUT2D eigenvalue weighted by molar-refractivity contribution is 0.342. The number of nitrogens with one attached hydrogen (secondary N) is 1. The molecule has 0 bridgehead atoms. The molecule has 82 valence electrons. The zero-order valence-corrected chi connectivity index (χ0v) is 9.59. The molecule has 0 atom stereocenters. The second kappa shape index (κ2) is 6.62. The van der Waals surface area contributed by atoms with Crippen molar-refractivity contribution in [1.82, 2.24) is 5.32 Å². The summed E-state index contributed by atoms with van der Waals surface area (Å²) in [4.78, 5) is 0. The molecule has 0 spiro atoms. The predicted octanol–water partition coefficient (Wildman–Crippen LogP) is 2.29. The zero-order valence-electron chi connectivity index (χ0n) is 8.83. The van der Waals surface area contributed by atoms with Crippen molar-refractivity contribution in [3.05, 3.63) is 46.5 Å². The summed E-state index contributed by atoms with van der Waals surface area (Å²) in [6.07, 6.45) is 3.63. The number of aryl methyl sites for hydroxylation is 1. The second-order valence-electron chi connectivity index (χ2n) is 3.37. The summed E-state index contributed by atoms with van der Waals surface area (Å²) in [5, 5.41) is 12.6. The van der Waals surface area contributed by atoms with Gasteiger partial charge in [0.1, 0.15) is 0 Å². The lowest BCUT2D eigenvalue weighted by Gasteiger charge is -2.04. The van der Waals surface area contributed by atoms with E-state index in [1.54, 1.807) is 6.08 Å². The summed E-state index contributed by atoms with van der Waals surface area (Å²) in [7, 11) is 0. The Morgan fingerprint density at radius 3 is 2.87 bits per heavy atom. The van der Waals surface area contributed by atoms with Crippen molar-refractivity contribution in [2.75, 3.05) is 13.2 Å². The van der Waals surface area contributed by atoms with Crippen LogP contribution in [0.15, 0.2) is 30.4 Å². The minimum Gasteiger partial charge on any atom is -0.392 e. The van der Waals surface area contributed by atoms with E-state index in [0.29, 0.717) is 0 Å². The van der Waals surface area contributed by atoms with E-state index >= 15 is 0 Å². The van der Waals surface area contributed by atoms with Gasteiger partial charge in [-0.2, -0.15) is 0 Å². The molecular weight excluding hydrogens is 210 g/mol. The maximum atomic E-state index is 8.52. The molecule has 0 aliphatic carbocycles. The third-order valence-corrected chi connectivity index (χ3v) is 2.51. The molecule has 0 aliphatic rings. The van der Waals surface area contributed by atoms with E-state index in [1.807, 2.05) is 25.1 Å². The van der Waals surface area contributed by atoms with Gasteiger partial charge in [0.05, 0.1) is 6.61 Å². The average molecular weight is 226 g/mol. The van der Waals surface area contributed by atoms with Gasteiger partial charge in [-0.1, -0.05) is 35.9 Å². The number of hydrogen-bond acceptors (Lipinski definition) is 2. The fourth-order valence-electron chi connectivity index (χ4n) is 1.27. The maximum absolute atomic E-state index is 8.52. The van der Waals surface area contributed by atoms with Crippen molar-refractivity contribution in [1.29, 1.82) is 0 Å². The van der Waals surface area contributed by atoms with Gasteiger partial charge >= 0.3 is 0 Å². The van der Waals surface area contributed by atoms with Crippen molar-refractivity contribution >= 4 is 11.6 Å². The van der Waals surface area contributed by atoms with Gasteiger partial charge in [-0.15, -0.1) is 0 Å². The Labute approximate surface area is 95.6 Å². The molecule has 2 N–H and O–H groups in total. The highest BCUT2D eigenvalue weighted by molar-refractivity contribution is 6.31. The van der Waals surface area contributed by atoms with E-state index in [-0.39, 0.29) is 6.61 Å². The minimum atomic E-state index is 0.0989. The Morgan fingerprint density at radius 1 is 1.40 bits per heavy atom. The topological polar surface area (TPSA) is 32.3 Å². The van der Waals surface area contributed by atoms with E-state index in [9.17, 15) is 0 Å². The smallest absolute Gasteiger partial charge is 0.0612 e. The summed E-state index contributed by atoms with van der Waals surface area (Å²) in [5.74, 6) is 0. The van der Waals surface area contributed by atoms with Gasteiger partial charge < -0.3 is 10.4 Å². The quantitative estimate of drug-likeness (QED) is 0.595. The summed E-state index contributed by atoms with van der Waals surface area (Å²) >= 11 is 5.92. The van der Waals surface area contributed by atoms with Crippen LogP contribution < -0.4 is 5.32 Å². The van der Waals surface area contributed by atoms with Crippen LogP contribution in [0.25, 0.3) is 0 Å². The van der Waals surface area contributed by atoms with E-state index in [2.05, 4.69) is 11.4 Å². The van der Waals surface area contributed by atoms with Gasteiger partial charge in [0.15, 0.2) is 0 Å². The van der Waals surface area contributed by atoms with Crippen molar-refractivity contribution < 1.29 is 5.11 Å². The van der Waals surface area contributed by atoms with Gasteiger partial charge in [-0.25, -0.2) is 0 Å². The molecule has 0 amide bonds. The Kier molecular flexibility index (Phi) is 5.40. The SMILES string of the molecule is Cc1cc(CNC/C=C/CO)ccc1Cl. The van der Waals surface area contributed by atoms with Crippen LogP contribution in [0.4, 0.5) is 0 Å². The predicted molar refractivity (Wildman–Crippen MR) is 64.1 cm³/mol. The number of benzene rings is 1. The number of rotatable bonds is 5. The third-order valence-electron chi connectivity index (χ3n) is 2.09. The van der Waals surface area contributed by atoms with Crippen LogP contribution in [-0.4, -0.2) is 18.3 Å². The molecule has 0 aromatic heterocycles. The molecule has 0 radical (unpaired) electrons. The first-order chi connectivity index (χ1) is 7.24. The van der Waals surface area contributed by atoms with Gasteiger partial charge in [-0.3, -0.25) is 0 Å². The van der Waals surface area contributed by atoms with Crippen LogP contribution >= 0.6 is 11.6 Å². The summed E-state index contributed by atoms with van der Waals surface area (Å²) < 4.78 is 0. The monoisotopic (exact) mass is 225 g/mol. The summed E-state index contributed by atoms with van der Waals surface area (Å²) in [6, 6.07) is 6.00. The van der Waals surface area contributed by atoms with Crippen LogP contribution in [-0.2, 0) is 6.54 Å². The van der Waals surface area contributed by atoms with Crippen molar-refractivity contribution in [2.45, 2.75) is 13.5 Å². The van der Waals surface area contributed by atoms with Crippen molar-refractivity contribution in [2.24, 2.45) is 0 Å². The highest BCUT2D eigenvalue weighted by Crippen LogP contribution is 2.15. The van der Waals surface area contributed by atoms with Crippen molar-refractivity contribution in [3.8, 4) is 0 Å². The molecule has 0 saturated heterocycles. The van der Waals surface area contributed by atoms with Gasteiger partial charge in [0, 0.05) is 18.1 Å². The molecule has 0 heterocycles. The van der Waals surface area contributed by atoms with E-state index in [4.69, 9.17) is 16.7 Å².